The number of hydrogen-bond acceptors (Lipinski definition) is 3. The molecule has 0 radical (unpaired) electrons. The van der Waals surface area contributed by atoms with E-state index in [1.54, 1.807) is 24.3 Å². The van der Waals surface area contributed by atoms with Crippen LogP contribution in [0.15, 0.2) is 54.7 Å². The molecule has 0 aliphatic carbocycles. The Morgan fingerprint density at radius 3 is 2.57 bits per heavy atom. The second-order valence-corrected chi connectivity index (χ2v) is 7.30. The van der Waals surface area contributed by atoms with Crippen LogP contribution in [0.4, 0.5) is 5.69 Å². The van der Waals surface area contributed by atoms with Crippen molar-refractivity contribution in [2.45, 2.75) is 6.04 Å². The highest BCUT2D eigenvalue weighted by Crippen LogP contribution is 2.28. The van der Waals surface area contributed by atoms with Crippen LogP contribution in [0, 0.1) is 0 Å². The SMILES string of the molecule is CN(C)C(CNC(=O)C(=O)Nc1cccc(Cl)c1)c1cn(C)c2ccccc12. The van der Waals surface area contributed by atoms with Crippen LogP contribution in [0.2, 0.25) is 5.02 Å². The molecule has 28 heavy (non-hydrogen) atoms. The first-order valence-electron chi connectivity index (χ1n) is 8.92. The lowest BCUT2D eigenvalue weighted by Gasteiger charge is -2.24. The zero-order valence-electron chi connectivity index (χ0n) is 16.1. The van der Waals surface area contributed by atoms with E-state index in [9.17, 15) is 9.59 Å². The maximum absolute atomic E-state index is 12.3. The summed E-state index contributed by atoms with van der Waals surface area (Å²) in [6.07, 6.45) is 2.06. The highest BCUT2D eigenvalue weighted by Gasteiger charge is 2.22. The fourth-order valence-corrected chi connectivity index (χ4v) is 3.42. The summed E-state index contributed by atoms with van der Waals surface area (Å²) < 4.78 is 2.06. The molecule has 3 aromatic rings. The standard InChI is InChI=1S/C21H23ClN4O2/c1-25(2)19(17-13-26(3)18-10-5-4-9-16(17)18)12-23-20(27)21(28)24-15-8-6-7-14(22)11-15/h4-11,13,19H,12H2,1-3H3,(H,23,27)(H,24,28). The number of benzene rings is 2. The van der Waals surface area contributed by atoms with Crippen molar-refractivity contribution in [2.24, 2.45) is 7.05 Å². The number of anilines is 1. The van der Waals surface area contributed by atoms with Gasteiger partial charge in [-0.3, -0.25) is 9.59 Å². The van der Waals surface area contributed by atoms with Gasteiger partial charge in [0, 0.05) is 41.4 Å². The summed E-state index contributed by atoms with van der Waals surface area (Å²) in [6.45, 7) is 0.308. The first-order valence-corrected chi connectivity index (χ1v) is 9.29. The Kier molecular flexibility index (Phi) is 6.02. The van der Waals surface area contributed by atoms with Gasteiger partial charge in [-0.1, -0.05) is 35.9 Å². The normalized spacial score (nSPS) is 12.2. The molecule has 1 aromatic heterocycles. The van der Waals surface area contributed by atoms with Gasteiger partial charge < -0.3 is 20.1 Å². The maximum Gasteiger partial charge on any atom is 0.313 e. The van der Waals surface area contributed by atoms with E-state index in [1.807, 2.05) is 38.2 Å². The smallest absolute Gasteiger partial charge is 0.313 e. The largest absolute Gasteiger partial charge is 0.350 e. The third-order valence-corrected chi connectivity index (χ3v) is 4.89. The molecule has 3 rings (SSSR count). The van der Waals surface area contributed by atoms with Crippen molar-refractivity contribution in [1.82, 2.24) is 14.8 Å². The van der Waals surface area contributed by atoms with Crippen molar-refractivity contribution in [3.8, 4) is 0 Å². The van der Waals surface area contributed by atoms with Gasteiger partial charge in [0.1, 0.15) is 0 Å². The van der Waals surface area contributed by atoms with Crippen LogP contribution in [0.25, 0.3) is 10.9 Å². The number of nitrogens with one attached hydrogen (secondary N) is 2. The summed E-state index contributed by atoms with van der Waals surface area (Å²) in [7, 11) is 5.89. The number of nitrogens with zero attached hydrogens (tertiary/aromatic N) is 2. The van der Waals surface area contributed by atoms with Crippen LogP contribution in [0.3, 0.4) is 0 Å². The van der Waals surface area contributed by atoms with E-state index in [1.165, 1.54) is 0 Å². The third-order valence-electron chi connectivity index (χ3n) is 4.65. The number of rotatable bonds is 5. The first-order chi connectivity index (χ1) is 13.4. The molecule has 0 aliphatic heterocycles. The highest BCUT2D eigenvalue weighted by molar-refractivity contribution is 6.39. The molecule has 6 nitrogen and oxygen atoms in total. The van der Waals surface area contributed by atoms with Gasteiger partial charge in [0.2, 0.25) is 0 Å². The molecule has 2 aromatic carbocycles. The maximum atomic E-state index is 12.3. The zero-order valence-corrected chi connectivity index (χ0v) is 16.8. The molecule has 0 saturated carbocycles. The number of aromatic nitrogens is 1. The fraction of sp³-hybridized carbons (Fsp3) is 0.238. The summed E-state index contributed by atoms with van der Waals surface area (Å²) >= 11 is 5.90. The van der Waals surface area contributed by atoms with Crippen molar-refractivity contribution in [3.63, 3.8) is 0 Å². The number of carbonyl (C=O) groups is 2. The van der Waals surface area contributed by atoms with Crippen molar-refractivity contribution in [3.05, 3.63) is 65.3 Å². The summed E-state index contributed by atoms with van der Waals surface area (Å²) in [5.74, 6) is -1.41. The molecule has 2 N–H and O–H groups in total. The van der Waals surface area contributed by atoms with Gasteiger partial charge >= 0.3 is 11.8 Å². The molecule has 0 fully saturated rings. The second-order valence-electron chi connectivity index (χ2n) is 6.87. The van der Waals surface area contributed by atoms with Crippen molar-refractivity contribution in [1.29, 1.82) is 0 Å². The number of para-hydroxylation sites is 1. The first kappa shape index (κ1) is 19.9. The van der Waals surface area contributed by atoms with Gasteiger partial charge in [-0.05, 0) is 43.9 Å². The minimum atomic E-state index is -0.724. The molecule has 7 heteroatoms. The number of hydrogen-bond donors (Lipinski definition) is 2. The molecule has 0 bridgehead atoms. The average molecular weight is 399 g/mol. The van der Waals surface area contributed by atoms with Gasteiger partial charge in [0.15, 0.2) is 0 Å². The van der Waals surface area contributed by atoms with E-state index in [0.717, 1.165) is 16.5 Å². The molecule has 2 amide bonds. The van der Waals surface area contributed by atoms with Crippen LogP contribution in [0.5, 0.6) is 0 Å². The minimum absolute atomic E-state index is 0.0750. The fourth-order valence-electron chi connectivity index (χ4n) is 3.23. The summed E-state index contributed by atoms with van der Waals surface area (Å²) in [4.78, 5) is 26.5. The molecule has 0 aliphatic rings. The van der Waals surface area contributed by atoms with Gasteiger partial charge in [0.05, 0.1) is 6.04 Å². The van der Waals surface area contributed by atoms with Crippen LogP contribution in [-0.4, -0.2) is 41.9 Å². The Balaban J connectivity index is 1.71. The number of amides is 2. The molecule has 0 saturated heterocycles. The Hall–Kier alpha value is -2.83. The monoisotopic (exact) mass is 398 g/mol. The van der Waals surface area contributed by atoms with Crippen LogP contribution < -0.4 is 10.6 Å². The zero-order chi connectivity index (χ0) is 20.3. The number of fused-ring (bicyclic) bond motifs is 1. The Morgan fingerprint density at radius 1 is 1.11 bits per heavy atom. The topological polar surface area (TPSA) is 66.4 Å². The molecule has 0 spiro atoms. The predicted octanol–water partition coefficient (Wildman–Crippen LogP) is 3.19. The number of likely N-dealkylation sites (N-methyl/N-ethyl adjacent to an activating group) is 1. The number of carbonyl (C=O) groups excluding carboxylic acids is 2. The van der Waals surface area contributed by atoms with Crippen molar-refractivity contribution < 1.29 is 9.59 Å². The summed E-state index contributed by atoms with van der Waals surface area (Å²) in [5, 5.41) is 6.91. The van der Waals surface area contributed by atoms with E-state index >= 15 is 0 Å². The average Bonchev–Trinajstić information content (AvgIpc) is 2.98. The van der Waals surface area contributed by atoms with Gasteiger partial charge in [-0.15, -0.1) is 0 Å². The molecular formula is C21H23ClN4O2. The molecule has 1 heterocycles. The third kappa shape index (κ3) is 4.35. The van der Waals surface area contributed by atoms with Crippen LogP contribution >= 0.6 is 11.6 Å². The number of halogens is 1. The van der Waals surface area contributed by atoms with E-state index < -0.39 is 11.8 Å². The van der Waals surface area contributed by atoms with Crippen LogP contribution in [0.1, 0.15) is 11.6 Å². The van der Waals surface area contributed by atoms with E-state index in [0.29, 0.717) is 17.3 Å². The minimum Gasteiger partial charge on any atom is -0.350 e. The number of aryl methyl sites for hydroxylation is 1. The lowest BCUT2D eigenvalue weighted by atomic mass is 10.0. The predicted molar refractivity (Wildman–Crippen MR) is 112 cm³/mol. The molecular weight excluding hydrogens is 376 g/mol. The lowest BCUT2D eigenvalue weighted by molar-refractivity contribution is -0.136. The quantitative estimate of drug-likeness (QED) is 0.648. The van der Waals surface area contributed by atoms with Crippen LogP contribution in [-0.2, 0) is 16.6 Å². The molecule has 1 atom stereocenters. The summed E-state index contributed by atoms with van der Waals surface area (Å²) in [5.41, 5.74) is 2.69. The Bertz CT molecular complexity index is 1010. The molecule has 146 valence electrons. The van der Waals surface area contributed by atoms with Crippen molar-refractivity contribution >= 4 is 40.0 Å². The van der Waals surface area contributed by atoms with E-state index in [4.69, 9.17) is 11.6 Å². The molecule has 1 unspecified atom stereocenters. The summed E-state index contributed by atoms with van der Waals surface area (Å²) in [6, 6.07) is 14.7. The second kappa shape index (κ2) is 8.46. The van der Waals surface area contributed by atoms with Gasteiger partial charge in [0.25, 0.3) is 0 Å². The van der Waals surface area contributed by atoms with Gasteiger partial charge in [-0.25, -0.2) is 0 Å². The Morgan fingerprint density at radius 2 is 1.86 bits per heavy atom. The Labute approximate surface area is 169 Å². The lowest BCUT2D eigenvalue weighted by Crippen LogP contribution is -2.40. The van der Waals surface area contributed by atoms with E-state index in [-0.39, 0.29) is 6.04 Å². The van der Waals surface area contributed by atoms with Crippen molar-refractivity contribution in [2.75, 3.05) is 26.0 Å². The highest BCUT2D eigenvalue weighted by atomic mass is 35.5. The van der Waals surface area contributed by atoms with Gasteiger partial charge in [-0.2, -0.15) is 0 Å². The van der Waals surface area contributed by atoms with E-state index in [2.05, 4.69) is 33.5 Å².